The molecule has 0 aliphatic carbocycles. The number of thiocarbonyl (C=S) groups is 1. The third-order valence-corrected chi connectivity index (χ3v) is 4.44. The minimum absolute atomic E-state index is 0.181. The summed E-state index contributed by atoms with van der Waals surface area (Å²) in [5.74, 6) is 1.54. The maximum absolute atomic E-state index is 5.55. The summed E-state index contributed by atoms with van der Waals surface area (Å²) < 4.78 is 10.8. The van der Waals surface area contributed by atoms with Gasteiger partial charge in [-0.25, -0.2) is 0 Å². The molecule has 1 aromatic carbocycles. The first-order valence-corrected chi connectivity index (χ1v) is 8.15. The highest BCUT2D eigenvalue weighted by Gasteiger charge is 2.30. The molecule has 22 heavy (non-hydrogen) atoms. The number of fused-ring (bicyclic) bond motifs is 1. The molecule has 1 heterocycles. The van der Waals surface area contributed by atoms with E-state index in [2.05, 4.69) is 35.0 Å². The molecule has 2 rings (SSSR count). The molecule has 0 amide bonds. The van der Waals surface area contributed by atoms with Gasteiger partial charge in [0.25, 0.3) is 0 Å². The number of ether oxygens (including phenoxy) is 2. The standard InChI is InChI=1S/C16H25N3O2S/c1-4-6-18-16(22)19-7-5-11-8-14(20-2)15(21-3)9-12(11)13(19)10-17/h8-9,13H,4-7,10,17H2,1-3H3,(H,18,22)/p+1/t13-/m0/s1. The SMILES string of the molecule is CCCNC(=S)N1CCc2cc(OC)c(OC)cc2[C@@H]1C[NH3+]. The van der Waals surface area contributed by atoms with Crippen molar-refractivity contribution in [3.63, 3.8) is 0 Å². The molecule has 0 saturated heterocycles. The van der Waals surface area contributed by atoms with Crippen molar-refractivity contribution in [2.45, 2.75) is 25.8 Å². The molecule has 0 fully saturated rings. The van der Waals surface area contributed by atoms with E-state index in [0.29, 0.717) is 0 Å². The Morgan fingerprint density at radius 1 is 1.36 bits per heavy atom. The fraction of sp³-hybridized carbons (Fsp3) is 0.562. The lowest BCUT2D eigenvalue weighted by molar-refractivity contribution is -0.378. The molecule has 6 heteroatoms. The lowest BCUT2D eigenvalue weighted by Gasteiger charge is -2.37. The largest absolute Gasteiger partial charge is 0.493 e. The van der Waals surface area contributed by atoms with Gasteiger partial charge < -0.3 is 25.4 Å². The van der Waals surface area contributed by atoms with Crippen molar-refractivity contribution in [1.29, 1.82) is 0 Å². The normalized spacial score (nSPS) is 16.9. The molecule has 1 atom stereocenters. The highest BCUT2D eigenvalue weighted by molar-refractivity contribution is 7.80. The van der Waals surface area contributed by atoms with Crippen molar-refractivity contribution < 1.29 is 15.2 Å². The summed E-state index contributed by atoms with van der Waals surface area (Å²) in [6.07, 6.45) is 2.00. The van der Waals surface area contributed by atoms with Crippen LogP contribution in [0.2, 0.25) is 0 Å². The van der Waals surface area contributed by atoms with Crippen LogP contribution in [-0.2, 0) is 6.42 Å². The van der Waals surface area contributed by atoms with Crippen molar-refractivity contribution in [3.8, 4) is 11.5 Å². The van der Waals surface area contributed by atoms with Gasteiger partial charge in [0, 0.05) is 13.1 Å². The van der Waals surface area contributed by atoms with E-state index in [4.69, 9.17) is 21.7 Å². The predicted molar refractivity (Wildman–Crippen MR) is 91.3 cm³/mol. The quantitative estimate of drug-likeness (QED) is 0.795. The van der Waals surface area contributed by atoms with E-state index in [1.54, 1.807) is 14.2 Å². The van der Waals surface area contributed by atoms with Crippen LogP contribution < -0.4 is 20.5 Å². The summed E-state index contributed by atoms with van der Waals surface area (Å²) in [7, 11) is 3.33. The Kier molecular flexibility index (Phi) is 5.85. The van der Waals surface area contributed by atoms with Gasteiger partial charge in [0.05, 0.1) is 20.8 Å². The lowest BCUT2D eigenvalue weighted by Crippen LogP contribution is -2.59. The van der Waals surface area contributed by atoms with Crippen LogP contribution in [0, 0.1) is 0 Å². The Morgan fingerprint density at radius 3 is 2.64 bits per heavy atom. The van der Waals surface area contributed by atoms with E-state index < -0.39 is 0 Å². The van der Waals surface area contributed by atoms with Crippen LogP contribution >= 0.6 is 12.2 Å². The number of nitrogens with zero attached hydrogens (tertiary/aromatic N) is 1. The summed E-state index contributed by atoms with van der Waals surface area (Å²) in [5.41, 5.74) is 6.65. The molecule has 122 valence electrons. The number of nitrogens with one attached hydrogen (secondary N) is 1. The molecule has 0 saturated carbocycles. The van der Waals surface area contributed by atoms with E-state index in [1.807, 2.05) is 0 Å². The van der Waals surface area contributed by atoms with Gasteiger partial charge in [0.15, 0.2) is 16.6 Å². The van der Waals surface area contributed by atoms with E-state index in [-0.39, 0.29) is 6.04 Å². The second-order valence-corrected chi connectivity index (χ2v) is 5.77. The van der Waals surface area contributed by atoms with Crippen molar-refractivity contribution >= 4 is 17.3 Å². The molecule has 1 aliphatic rings. The molecular formula is C16H26N3O2S+. The summed E-state index contributed by atoms with van der Waals surface area (Å²) in [5, 5.41) is 4.14. The zero-order valence-corrected chi connectivity index (χ0v) is 14.5. The van der Waals surface area contributed by atoms with E-state index >= 15 is 0 Å². The summed E-state index contributed by atoms with van der Waals surface area (Å²) in [6, 6.07) is 4.33. The maximum atomic E-state index is 5.55. The van der Waals surface area contributed by atoms with Crippen LogP contribution in [0.15, 0.2) is 12.1 Å². The molecule has 0 bridgehead atoms. The van der Waals surface area contributed by atoms with Gasteiger partial charge in [0.1, 0.15) is 6.04 Å². The van der Waals surface area contributed by atoms with Crippen LogP contribution in [0.5, 0.6) is 11.5 Å². The van der Waals surface area contributed by atoms with Gasteiger partial charge in [-0.15, -0.1) is 0 Å². The second-order valence-electron chi connectivity index (χ2n) is 5.39. The Morgan fingerprint density at radius 2 is 2.05 bits per heavy atom. The Labute approximate surface area is 137 Å². The van der Waals surface area contributed by atoms with Crippen LogP contribution in [-0.4, -0.2) is 43.9 Å². The van der Waals surface area contributed by atoms with E-state index in [1.165, 1.54) is 11.1 Å². The van der Waals surface area contributed by atoms with Gasteiger partial charge in [-0.3, -0.25) is 0 Å². The second kappa shape index (κ2) is 7.65. The lowest BCUT2D eigenvalue weighted by atomic mass is 9.92. The smallest absolute Gasteiger partial charge is 0.169 e. The Hall–Kier alpha value is -1.53. The first-order chi connectivity index (χ1) is 10.7. The average molecular weight is 324 g/mol. The summed E-state index contributed by atoms with van der Waals surface area (Å²) in [6.45, 7) is 4.70. The summed E-state index contributed by atoms with van der Waals surface area (Å²) >= 11 is 5.55. The first kappa shape index (κ1) is 16.8. The van der Waals surface area contributed by atoms with Gasteiger partial charge >= 0.3 is 0 Å². The monoisotopic (exact) mass is 324 g/mol. The number of quaternary nitrogens is 1. The molecule has 0 radical (unpaired) electrons. The van der Waals surface area contributed by atoms with Gasteiger partial charge in [0.2, 0.25) is 0 Å². The average Bonchev–Trinajstić information content (AvgIpc) is 2.56. The molecule has 1 aliphatic heterocycles. The van der Waals surface area contributed by atoms with Gasteiger partial charge in [-0.1, -0.05) is 6.92 Å². The third-order valence-electron chi connectivity index (χ3n) is 4.06. The van der Waals surface area contributed by atoms with Crippen LogP contribution in [0.1, 0.15) is 30.5 Å². The molecule has 0 spiro atoms. The van der Waals surface area contributed by atoms with Crippen molar-refractivity contribution in [3.05, 3.63) is 23.3 Å². The highest BCUT2D eigenvalue weighted by Crippen LogP contribution is 2.37. The minimum Gasteiger partial charge on any atom is -0.493 e. The molecule has 4 N–H and O–H groups in total. The number of hydrogen-bond acceptors (Lipinski definition) is 3. The number of hydrogen-bond donors (Lipinski definition) is 2. The molecule has 0 unspecified atom stereocenters. The molecular weight excluding hydrogens is 298 g/mol. The molecule has 5 nitrogen and oxygen atoms in total. The Bertz CT molecular complexity index is 536. The van der Waals surface area contributed by atoms with Crippen molar-refractivity contribution in [2.75, 3.05) is 33.9 Å². The van der Waals surface area contributed by atoms with Crippen LogP contribution in [0.25, 0.3) is 0 Å². The zero-order valence-electron chi connectivity index (χ0n) is 13.6. The fourth-order valence-corrected chi connectivity index (χ4v) is 3.24. The number of rotatable bonds is 5. The predicted octanol–water partition coefficient (Wildman–Crippen LogP) is 1.13. The fourth-order valence-electron chi connectivity index (χ4n) is 2.92. The van der Waals surface area contributed by atoms with E-state index in [9.17, 15) is 0 Å². The molecule has 0 aromatic heterocycles. The van der Waals surface area contributed by atoms with Crippen molar-refractivity contribution in [2.24, 2.45) is 0 Å². The Balaban J connectivity index is 2.32. The third kappa shape index (κ3) is 3.28. The minimum atomic E-state index is 0.181. The topological polar surface area (TPSA) is 61.4 Å². The van der Waals surface area contributed by atoms with Crippen molar-refractivity contribution in [1.82, 2.24) is 10.2 Å². The first-order valence-electron chi connectivity index (χ1n) is 7.74. The maximum Gasteiger partial charge on any atom is 0.169 e. The number of methoxy groups -OCH3 is 2. The van der Waals surface area contributed by atoms with Crippen LogP contribution in [0.4, 0.5) is 0 Å². The zero-order chi connectivity index (χ0) is 16.1. The molecule has 1 aromatic rings. The van der Waals surface area contributed by atoms with Gasteiger partial charge in [-0.05, 0) is 48.3 Å². The summed E-state index contributed by atoms with van der Waals surface area (Å²) in [4.78, 5) is 2.24. The number of benzene rings is 1. The highest BCUT2D eigenvalue weighted by atomic mass is 32.1. The van der Waals surface area contributed by atoms with Gasteiger partial charge in [-0.2, -0.15) is 0 Å². The van der Waals surface area contributed by atoms with Crippen LogP contribution in [0.3, 0.4) is 0 Å². The van der Waals surface area contributed by atoms with E-state index in [0.717, 1.165) is 49.1 Å².